The molecular weight excluding hydrogens is 437 g/mol. The summed E-state index contributed by atoms with van der Waals surface area (Å²) in [6, 6.07) is 8.12. The lowest BCUT2D eigenvalue weighted by molar-refractivity contribution is -0.137. The SMILES string of the molecule is COc1ccc(CCNC(=O)CN2CCCN(c3ccc(C(F)(F)F)cn3)CC2)cc1OC. The standard InChI is InChI=1S/C23H29F3N4O3/c1-32-19-6-4-17(14-20(19)33-2)8-9-27-22(31)16-29-10-3-11-30(13-12-29)21-7-5-18(15-28-21)23(24,25)26/h4-7,14-15H,3,8-13,16H2,1-2H3,(H,27,31). The van der Waals surface area contributed by atoms with Gasteiger partial charge in [-0.2, -0.15) is 13.2 Å². The maximum absolute atomic E-state index is 12.7. The van der Waals surface area contributed by atoms with Gasteiger partial charge in [0.25, 0.3) is 0 Å². The lowest BCUT2D eigenvalue weighted by atomic mass is 10.1. The number of methoxy groups -OCH3 is 2. The molecule has 2 aromatic rings. The van der Waals surface area contributed by atoms with Crippen molar-refractivity contribution in [2.45, 2.75) is 19.0 Å². The van der Waals surface area contributed by atoms with E-state index < -0.39 is 11.7 Å². The zero-order chi connectivity index (χ0) is 23.8. The Bertz CT molecular complexity index is 922. The molecule has 0 unspecified atom stereocenters. The highest BCUT2D eigenvalue weighted by molar-refractivity contribution is 5.78. The second kappa shape index (κ2) is 11.2. The molecule has 1 aliphatic rings. The molecule has 3 rings (SSSR count). The van der Waals surface area contributed by atoms with Gasteiger partial charge in [0.05, 0.1) is 26.3 Å². The van der Waals surface area contributed by atoms with Crippen molar-refractivity contribution in [2.75, 3.05) is 58.4 Å². The molecule has 10 heteroatoms. The molecule has 7 nitrogen and oxygen atoms in total. The molecule has 1 amide bonds. The van der Waals surface area contributed by atoms with Crippen LogP contribution in [-0.2, 0) is 17.4 Å². The van der Waals surface area contributed by atoms with Gasteiger partial charge in [-0.15, -0.1) is 0 Å². The van der Waals surface area contributed by atoms with Crippen molar-refractivity contribution in [3.63, 3.8) is 0 Å². The summed E-state index contributed by atoms with van der Waals surface area (Å²) >= 11 is 0. The van der Waals surface area contributed by atoms with E-state index in [4.69, 9.17) is 9.47 Å². The van der Waals surface area contributed by atoms with Crippen LogP contribution in [0.2, 0.25) is 0 Å². The van der Waals surface area contributed by atoms with Gasteiger partial charge in [-0.3, -0.25) is 9.69 Å². The van der Waals surface area contributed by atoms with E-state index in [1.165, 1.54) is 6.07 Å². The van der Waals surface area contributed by atoms with Gasteiger partial charge >= 0.3 is 6.18 Å². The number of halogens is 3. The predicted molar refractivity (Wildman–Crippen MR) is 119 cm³/mol. The highest BCUT2D eigenvalue weighted by Gasteiger charge is 2.31. The third kappa shape index (κ3) is 6.98. The van der Waals surface area contributed by atoms with Crippen LogP contribution in [0.4, 0.5) is 19.0 Å². The summed E-state index contributed by atoms with van der Waals surface area (Å²) in [4.78, 5) is 20.4. The lowest BCUT2D eigenvalue weighted by Crippen LogP contribution is -2.40. The number of anilines is 1. The van der Waals surface area contributed by atoms with Gasteiger partial charge in [0.1, 0.15) is 5.82 Å². The largest absolute Gasteiger partial charge is 0.493 e. The Morgan fingerprint density at radius 3 is 2.52 bits per heavy atom. The molecule has 1 aromatic carbocycles. The van der Waals surface area contributed by atoms with Crippen molar-refractivity contribution >= 4 is 11.7 Å². The summed E-state index contributed by atoms with van der Waals surface area (Å²) in [5.41, 5.74) is 0.273. The highest BCUT2D eigenvalue weighted by Crippen LogP contribution is 2.29. The van der Waals surface area contributed by atoms with Crippen molar-refractivity contribution in [3.05, 3.63) is 47.7 Å². The molecular formula is C23H29F3N4O3. The lowest BCUT2D eigenvalue weighted by Gasteiger charge is -2.22. The summed E-state index contributed by atoms with van der Waals surface area (Å²) in [5, 5.41) is 2.94. The van der Waals surface area contributed by atoms with Crippen molar-refractivity contribution in [3.8, 4) is 11.5 Å². The Morgan fingerprint density at radius 2 is 1.85 bits per heavy atom. The van der Waals surface area contributed by atoms with Gasteiger partial charge in [-0.05, 0) is 42.7 Å². The first-order chi connectivity index (χ1) is 15.8. The fourth-order valence-corrected chi connectivity index (χ4v) is 3.74. The number of pyridine rings is 1. The van der Waals surface area contributed by atoms with E-state index >= 15 is 0 Å². The highest BCUT2D eigenvalue weighted by atomic mass is 19.4. The summed E-state index contributed by atoms with van der Waals surface area (Å²) in [6.45, 7) is 3.42. The first-order valence-electron chi connectivity index (χ1n) is 10.8. The van der Waals surface area contributed by atoms with Crippen molar-refractivity contribution in [1.29, 1.82) is 0 Å². The second-order valence-corrected chi connectivity index (χ2v) is 7.81. The normalized spacial score (nSPS) is 15.1. The van der Waals surface area contributed by atoms with E-state index in [1.807, 2.05) is 23.1 Å². The number of carbonyl (C=O) groups is 1. The molecule has 33 heavy (non-hydrogen) atoms. The van der Waals surface area contributed by atoms with Gasteiger partial charge in [0.2, 0.25) is 5.91 Å². The Morgan fingerprint density at radius 1 is 1.06 bits per heavy atom. The third-order valence-electron chi connectivity index (χ3n) is 5.54. The van der Waals surface area contributed by atoms with Crippen LogP contribution < -0.4 is 19.7 Å². The molecule has 1 N–H and O–H groups in total. The number of nitrogens with zero attached hydrogens (tertiary/aromatic N) is 3. The Labute approximate surface area is 191 Å². The molecule has 0 saturated carbocycles. The van der Waals surface area contributed by atoms with E-state index in [1.54, 1.807) is 14.2 Å². The van der Waals surface area contributed by atoms with Gasteiger partial charge in [0, 0.05) is 38.9 Å². The number of hydrogen-bond acceptors (Lipinski definition) is 6. The van der Waals surface area contributed by atoms with Crippen LogP contribution in [0.3, 0.4) is 0 Å². The number of aromatic nitrogens is 1. The van der Waals surface area contributed by atoms with Gasteiger partial charge < -0.3 is 19.7 Å². The van der Waals surface area contributed by atoms with Crippen molar-refractivity contribution in [2.24, 2.45) is 0 Å². The van der Waals surface area contributed by atoms with Gasteiger partial charge in [-0.25, -0.2) is 4.98 Å². The van der Waals surface area contributed by atoms with Gasteiger partial charge in [0.15, 0.2) is 11.5 Å². The van der Waals surface area contributed by atoms with Crippen LogP contribution in [0.25, 0.3) is 0 Å². The smallest absolute Gasteiger partial charge is 0.417 e. The summed E-state index contributed by atoms with van der Waals surface area (Å²) < 4.78 is 48.8. The van der Waals surface area contributed by atoms with Crippen LogP contribution in [-0.4, -0.2) is 69.3 Å². The first kappa shape index (κ1) is 24.6. The Hall–Kier alpha value is -3.01. The Balaban J connectivity index is 1.44. The molecule has 0 radical (unpaired) electrons. The average Bonchev–Trinajstić information content (AvgIpc) is 3.04. The predicted octanol–water partition coefficient (Wildman–Crippen LogP) is 2.99. The number of benzene rings is 1. The molecule has 1 aliphatic heterocycles. The quantitative estimate of drug-likeness (QED) is 0.645. The average molecular weight is 467 g/mol. The molecule has 1 fully saturated rings. The number of amides is 1. The zero-order valence-corrected chi connectivity index (χ0v) is 18.8. The van der Waals surface area contributed by atoms with Crippen LogP contribution in [0.5, 0.6) is 11.5 Å². The van der Waals surface area contributed by atoms with Gasteiger partial charge in [-0.1, -0.05) is 6.07 Å². The number of nitrogens with one attached hydrogen (secondary N) is 1. The minimum absolute atomic E-state index is 0.0587. The maximum atomic E-state index is 12.7. The van der Waals surface area contributed by atoms with Crippen molar-refractivity contribution < 1.29 is 27.4 Å². The summed E-state index contributed by atoms with van der Waals surface area (Å²) in [5.74, 6) is 1.77. The molecule has 0 spiro atoms. The molecule has 0 aliphatic carbocycles. The van der Waals surface area contributed by atoms with E-state index in [0.717, 1.165) is 30.8 Å². The van der Waals surface area contributed by atoms with E-state index in [2.05, 4.69) is 15.2 Å². The minimum Gasteiger partial charge on any atom is -0.493 e. The molecule has 0 bridgehead atoms. The third-order valence-corrected chi connectivity index (χ3v) is 5.54. The van der Waals surface area contributed by atoms with Crippen LogP contribution in [0.15, 0.2) is 36.5 Å². The topological polar surface area (TPSA) is 66.9 Å². The van der Waals surface area contributed by atoms with Crippen LogP contribution >= 0.6 is 0 Å². The molecule has 1 aromatic heterocycles. The molecule has 1 saturated heterocycles. The summed E-state index contributed by atoms with van der Waals surface area (Å²) in [6.07, 6.45) is -2.07. The number of carbonyl (C=O) groups excluding carboxylic acids is 1. The minimum atomic E-state index is -4.39. The molecule has 180 valence electrons. The van der Waals surface area contributed by atoms with E-state index in [-0.39, 0.29) is 12.5 Å². The number of ether oxygens (including phenoxy) is 2. The number of hydrogen-bond donors (Lipinski definition) is 1. The van der Waals surface area contributed by atoms with Crippen LogP contribution in [0, 0.1) is 0 Å². The monoisotopic (exact) mass is 466 g/mol. The van der Waals surface area contributed by atoms with E-state index in [9.17, 15) is 18.0 Å². The maximum Gasteiger partial charge on any atom is 0.417 e. The second-order valence-electron chi connectivity index (χ2n) is 7.81. The fraction of sp³-hybridized carbons (Fsp3) is 0.478. The molecule has 0 atom stereocenters. The first-order valence-corrected chi connectivity index (χ1v) is 10.8. The molecule has 2 heterocycles. The van der Waals surface area contributed by atoms with E-state index in [0.29, 0.717) is 49.9 Å². The number of rotatable bonds is 8. The number of alkyl halides is 3. The van der Waals surface area contributed by atoms with Crippen LogP contribution in [0.1, 0.15) is 17.5 Å². The zero-order valence-electron chi connectivity index (χ0n) is 18.8. The van der Waals surface area contributed by atoms with Crippen molar-refractivity contribution in [1.82, 2.24) is 15.2 Å². The fourth-order valence-electron chi connectivity index (χ4n) is 3.74. The Kier molecular flexibility index (Phi) is 8.37. The summed E-state index contributed by atoms with van der Waals surface area (Å²) in [7, 11) is 3.17.